The summed E-state index contributed by atoms with van der Waals surface area (Å²) in [6, 6.07) is 18.3. The third kappa shape index (κ3) is 2.97. The number of benzene rings is 2. The van der Waals surface area contributed by atoms with Gasteiger partial charge in [0.2, 0.25) is 0 Å². The number of hydrogen-bond donors (Lipinski definition) is 0. The quantitative estimate of drug-likeness (QED) is 0.349. The largest absolute Gasteiger partial charge is 0.454 e. The Morgan fingerprint density at radius 3 is 2.72 bits per heavy atom. The topological polar surface area (TPSA) is 38.9 Å². The maximum atomic E-state index is 13.9. The van der Waals surface area contributed by atoms with E-state index < -0.39 is 18.6 Å². The Morgan fingerprint density at radius 1 is 1.07 bits per heavy atom. The molecule has 142 valence electrons. The third-order valence-corrected chi connectivity index (χ3v) is 5.05. The van der Waals surface area contributed by atoms with Crippen molar-refractivity contribution in [1.82, 2.24) is 9.97 Å². The Balaban J connectivity index is 1.82. The van der Waals surface area contributed by atoms with Gasteiger partial charge in [-0.25, -0.2) is 9.37 Å². The van der Waals surface area contributed by atoms with E-state index in [-0.39, 0.29) is 11.1 Å². The normalized spacial score (nSPS) is 16.1. The third-order valence-electron chi connectivity index (χ3n) is 5.05. The van der Waals surface area contributed by atoms with E-state index in [2.05, 4.69) is 4.98 Å². The van der Waals surface area contributed by atoms with Crippen molar-refractivity contribution in [2.24, 2.45) is 0 Å². The minimum Gasteiger partial charge on any atom is -0.454 e. The predicted octanol–water partition coefficient (Wildman–Crippen LogP) is 6.64. The first-order valence-corrected chi connectivity index (χ1v) is 9.21. The van der Waals surface area contributed by atoms with Crippen molar-refractivity contribution in [3.63, 3.8) is 0 Å². The predicted molar refractivity (Wildman–Crippen MR) is 113 cm³/mol. The van der Waals surface area contributed by atoms with Crippen molar-refractivity contribution >= 4 is 22.1 Å². The number of nitrogens with zero attached hydrogens (tertiary/aromatic N) is 2. The zero-order valence-electron chi connectivity index (χ0n) is 19.6. The number of halogens is 1. The average molecular weight is 386 g/mol. The lowest BCUT2D eigenvalue weighted by Crippen LogP contribution is -1.98. The summed E-state index contributed by atoms with van der Waals surface area (Å²) in [6.07, 6.45) is 1.35. The highest BCUT2D eigenvalue weighted by Crippen LogP contribution is 2.37. The first-order valence-electron chi connectivity index (χ1n) is 11.2. The molecule has 0 bridgehead atoms. The minimum absolute atomic E-state index is 0.0763. The molecule has 0 spiro atoms. The molecule has 4 heteroatoms. The first kappa shape index (κ1) is 13.6. The van der Waals surface area contributed by atoms with Gasteiger partial charge in [-0.15, -0.1) is 0 Å². The summed E-state index contributed by atoms with van der Waals surface area (Å²) in [6.45, 7) is -0.685. The van der Waals surface area contributed by atoms with Gasteiger partial charge in [-0.3, -0.25) is 4.98 Å². The van der Waals surface area contributed by atoms with E-state index >= 15 is 0 Å². The standard InChI is InChI=1S/C25H19FN2O/c1-15-8-9-19(21-14-18(26)12-13-27-21)25-23(15)24-22(29-25)11-10-20(28-24)16(2)17-6-4-3-5-7-17/h3-14,16H,1-2H3/i1D3,16D. The minimum atomic E-state index is -2.43. The van der Waals surface area contributed by atoms with Crippen molar-refractivity contribution in [3.8, 4) is 11.3 Å². The summed E-state index contributed by atoms with van der Waals surface area (Å²) >= 11 is 0. The van der Waals surface area contributed by atoms with E-state index in [0.29, 0.717) is 33.4 Å². The number of rotatable bonds is 3. The lowest BCUT2D eigenvalue weighted by atomic mass is 9.97. The molecule has 3 aromatic heterocycles. The molecule has 3 nitrogen and oxygen atoms in total. The number of furan rings is 1. The highest BCUT2D eigenvalue weighted by Gasteiger charge is 2.18. The van der Waals surface area contributed by atoms with Crippen LogP contribution in [0, 0.1) is 12.7 Å². The van der Waals surface area contributed by atoms with Gasteiger partial charge in [0.15, 0.2) is 5.58 Å². The molecule has 0 aliphatic rings. The highest BCUT2D eigenvalue weighted by atomic mass is 19.1. The van der Waals surface area contributed by atoms with Crippen LogP contribution in [0.4, 0.5) is 4.39 Å². The molecule has 0 saturated heterocycles. The molecule has 5 rings (SSSR count). The Bertz CT molecular complexity index is 1490. The van der Waals surface area contributed by atoms with Crippen LogP contribution in [-0.2, 0) is 0 Å². The van der Waals surface area contributed by atoms with Crippen LogP contribution in [0.2, 0.25) is 0 Å². The fourth-order valence-electron chi connectivity index (χ4n) is 3.54. The van der Waals surface area contributed by atoms with Crippen LogP contribution < -0.4 is 0 Å². The highest BCUT2D eigenvalue weighted by molar-refractivity contribution is 6.09. The molecule has 0 amide bonds. The van der Waals surface area contributed by atoms with Gasteiger partial charge in [-0.05, 0) is 42.2 Å². The molecule has 2 aromatic carbocycles. The van der Waals surface area contributed by atoms with Crippen LogP contribution in [0.5, 0.6) is 0 Å². The molecule has 0 fully saturated rings. The van der Waals surface area contributed by atoms with E-state index in [1.54, 1.807) is 25.1 Å². The van der Waals surface area contributed by atoms with E-state index in [9.17, 15) is 4.39 Å². The number of aromatic nitrogens is 2. The molecule has 0 saturated carbocycles. The van der Waals surface area contributed by atoms with Gasteiger partial charge < -0.3 is 4.42 Å². The monoisotopic (exact) mass is 386 g/mol. The summed E-state index contributed by atoms with van der Waals surface area (Å²) in [5.74, 6) is -1.63. The Labute approximate surface area is 173 Å². The summed E-state index contributed by atoms with van der Waals surface area (Å²) in [4.78, 5) is 8.94. The second kappa shape index (κ2) is 6.82. The first-order chi connectivity index (χ1) is 15.7. The molecule has 0 radical (unpaired) electrons. The van der Waals surface area contributed by atoms with Crippen molar-refractivity contribution < 1.29 is 14.3 Å². The van der Waals surface area contributed by atoms with Gasteiger partial charge in [0.1, 0.15) is 16.9 Å². The number of hydrogen-bond acceptors (Lipinski definition) is 3. The zero-order valence-corrected chi connectivity index (χ0v) is 15.6. The second-order valence-corrected chi connectivity index (χ2v) is 6.86. The molecule has 3 heterocycles. The fourth-order valence-corrected chi connectivity index (χ4v) is 3.54. The molecule has 1 atom stereocenters. The Kier molecular flexibility index (Phi) is 3.20. The molecule has 5 aromatic rings. The average Bonchev–Trinajstić information content (AvgIpc) is 3.17. The summed E-state index contributed by atoms with van der Waals surface area (Å²) in [5, 5.41) is 0.319. The maximum Gasteiger partial charge on any atom is 0.153 e. The van der Waals surface area contributed by atoms with E-state index in [1.165, 1.54) is 24.4 Å². The van der Waals surface area contributed by atoms with Gasteiger partial charge in [-0.1, -0.05) is 43.3 Å². The Morgan fingerprint density at radius 2 is 1.93 bits per heavy atom. The molecular weight excluding hydrogens is 363 g/mol. The van der Waals surface area contributed by atoms with Crippen molar-refractivity contribution in [3.05, 3.63) is 95.6 Å². The van der Waals surface area contributed by atoms with Crippen LogP contribution >= 0.6 is 0 Å². The lowest BCUT2D eigenvalue weighted by molar-refractivity contribution is 0.626. The van der Waals surface area contributed by atoms with Gasteiger partial charge in [0.25, 0.3) is 0 Å². The number of aryl methyl sites for hydroxylation is 1. The van der Waals surface area contributed by atoms with E-state index in [1.807, 2.05) is 30.3 Å². The maximum absolute atomic E-state index is 13.9. The van der Waals surface area contributed by atoms with Crippen molar-refractivity contribution in [1.29, 1.82) is 0 Å². The van der Waals surface area contributed by atoms with Crippen LogP contribution in [0.1, 0.15) is 35.1 Å². The van der Waals surface area contributed by atoms with E-state index in [0.717, 1.165) is 5.56 Å². The Hall–Kier alpha value is -3.53. The van der Waals surface area contributed by atoms with Gasteiger partial charge in [-0.2, -0.15) is 0 Å². The SMILES string of the molecule is [2H]C([2H])([2H])c1ccc(-c2cc(F)ccn2)c2oc3ccc(C([2H])(C)c4ccccc4)nc3c12. The summed E-state index contributed by atoms with van der Waals surface area (Å²) < 4.78 is 53.0. The van der Waals surface area contributed by atoms with Crippen molar-refractivity contribution in [2.45, 2.75) is 19.7 Å². The molecule has 1 unspecified atom stereocenters. The van der Waals surface area contributed by atoms with Crippen LogP contribution in [0.15, 0.2) is 77.3 Å². The summed E-state index contributed by atoms with van der Waals surface area (Å²) in [7, 11) is 0. The molecule has 0 aliphatic heterocycles. The zero-order chi connectivity index (χ0) is 23.4. The molecule has 0 N–H and O–H groups in total. The van der Waals surface area contributed by atoms with Crippen LogP contribution in [0.25, 0.3) is 33.3 Å². The molecule has 0 aliphatic carbocycles. The fraction of sp³-hybridized carbons (Fsp3) is 0.120. The smallest absolute Gasteiger partial charge is 0.153 e. The van der Waals surface area contributed by atoms with E-state index in [4.69, 9.17) is 14.9 Å². The van der Waals surface area contributed by atoms with Crippen LogP contribution in [0.3, 0.4) is 0 Å². The lowest BCUT2D eigenvalue weighted by Gasteiger charge is -2.11. The number of fused-ring (bicyclic) bond motifs is 3. The molecule has 29 heavy (non-hydrogen) atoms. The van der Waals surface area contributed by atoms with Gasteiger partial charge in [0, 0.05) is 34.9 Å². The molecular formula is C25H19FN2O. The van der Waals surface area contributed by atoms with Gasteiger partial charge in [0.05, 0.1) is 11.1 Å². The number of pyridine rings is 2. The summed E-state index contributed by atoms with van der Waals surface area (Å²) in [5.41, 5.74) is 3.08. The van der Waals surface area contributed by atoms with Gasteiger partial charge >= 0.3 is 0 Å². The second-order valence-electron chi connectivity index (χ2n) is 6.86. The van der Waals surface area contributed by atoms with Crippen molar-refractivity contribution in [2.75, 3.05) is 0 Å². The van der Waals surface area contributed by atoms with Crippen LogP contribution in [-0.4, -0.2) is 9.97 Å².